The molecule has 106 valence electrons. The van der Waals surface area contributed by atoms with Gasteiger partial charge >= 0.3 is 0 Å². The van der Waals surface area contributed by atoms with Gasteiger partial charge in [-0.1, -0.05) is 12.1 Å². The van der Waals surface area contributed by atoms with E-state index in [1.807, 2.05) is 0 Å². The summed E-state index contributed by atoms with van der Waals surface area (Å²) in [6, 6.07) is 9.03. The molecule has 3 rings (SSSR count). The van der Waals surface area contributed by atoms with Crippen molar-refractivity contribution in [2.75, 3.05) is 0 Å². The lowest BCUT2D eigenvalue weighted by molar-refractivity contribution is 0.584. The van der Waals surface area contributed by atoms with Crippen LogP contribution in [0, 0.1) is 11.8 Å². The van der Waals surface area contributed by atoms with Crippen LogP contribution in [0.2, 0.25) is 0 Å². The summed E-state index contributed by atoms with van der Waals surface area (Å²) >= 11 is 7.62. The van der Waals surface area contributed by atoms with Gasteiger partial charge in [0.05, 0.1) is 10.2 Å². The fourth-order valence-electron chi connectivity index (χ4n) is 1.95. The van der Waals surface area contributed by atoms with Crippen LogP contribution in [0.1, 0.15) is 0 Å². The van der Waals surface area contributed by atoms with Crippen molar-refractivity contribution in [3.05, 3.63) is 58.8 Å². The minimum atomic E-state index is -0.585. The van der Waals surface area contributed by atoms with Gasteiger partial charge in [-0.05, 0) is 40.2 Å². The van der Waals surface area contributed by atoms with Crippen molar-refractivity contribution in [1.82, 2.24) is 14.8 Å². The van der Waals surface area contributed by atoms with Crippen molar-refractivity contribution in [1.29, 1.82) is 0 Å². The van der Waals surface area contributed by atoms with E-state index in [1.165, 1.54) is 23.0 Å². The van der Waals surface area contributed by atoms with Crippen molar-refractivity contribution < 1.29 is 8.78 Å². The fourth-order valence-corrected chi connectivity index (χ4v) is 2.62. The zero-order valence-electron chi connectivity index (χ0n) is 10.5. The van der Waals surface area contributed by atoms with Gasteiger partial charge in [0.2, 0.25) is 5.95 Å². The third-order valence-corrected chi connectivity index (χ3v) is 4.26. The first kappa shape index (κ1) is 14.2. The minimum absolute atomic E-state index is 0.276. The van der Waals surface area contributed by atoms with Crippen molar-refractivity contribution in [3.8, 4) is 16.9 Å². The van der Waals surface area contributed by atoms with Crippen molar-refractivity contribution in [2.24, 2.45) is 0 Å². The van der Waals surface area contributed by atoms with E-state index < -0.39 is 11.8 Å². The molecular formula is C14H8BrF2N3S. The van der Waals surface area contributed by atoms with Crippen LogP contribution >= 0.6 is 28.6 Å². The van der Waals surface area contributed by atoms with Gasteiger partial charge in [0.25, 0.3) is 0 Å². The SMILES string of the molecule is Fc1ccc(-c2c(Br)c(S)nn2-c2ccccc2F)cn1. The quantitative estimate of drug-likeness (QED) is 0.541. The summed E-state index contributed by atoms with van der Waals surface area (Å²) in [5.74, 6) is -1.00. The molecular weight excluding hydrogens is 360 g/mol. The smallest absolute Gasteiger partial charge is 0.212 e. The summed E-state index contributed by atoms with van der Waals surface area (Å²) in [5.41, 5.74) is 1.43. The molecule has 3 nitrogen and oxygen atoms in total. The number of nitrogens with zero attached hydrogens (tertiary/aromatic N) is 3. The number of hydrogen-bond acceptors (Lipinski definition) is 3. The predicted octanol–water partition coefficient (Wildman–Crippen LogP) is 4.26. The predicted molar refractivity (Wildman–Crippen MR) is 81.7 cm³/mol. The maximum Gasteiger partial charge on any atom is 0.212 e. The average molecular weight is 368 g/mol. The summed E-state index contributed by atoms with van der Waals surface area (Å²) in [7, 11) is 0. The Bertz CT molecular complexity index is 802. The Labute approximate surface area is 133 Å². The first-order chi connectivity index (χ1) is 10.1. The molecule has 0 aliphatic heterocycles. The molecule has 0 radical (unpaired) electrons. The maximum absolute atomic E-state index is 14.0. The Morgan fingerprint density at radius 3 is 2.52 bits per heavy atom. The van der Waals surface area contributed by atoms with E-state index in [4.69, 9.17) is 0 Å². The molecule has 21 heavy (non-hydrogen) atoms. The molecule has 0 atom stereocenters. The third-order valence-electron chi connectivity index (χ3n) is 2.89. The molecule has 0 aliphatic carbocycles. The molecule has 0 N–H and O–H groups in total. The van der Waals surface area contributed by atoms with E-state index in [2.05, 4.69) is 38.6 Å². The van der Waals surface area contributed by atoms with Gasteiger partial charge in [-0.15, -0.1) is 12.6 Å². The summed E-state index contributed by atoms with van der Waals surface area (Å²) in [6.07, 6.45) is 1.36. The maximum atomic E-state index is 14.0. The number of para-hydroxylation sites is 1. The molecule has 0 saturated heterocycles. The minimum Gasteiger partial charge on any atom is -0.228 e. The number of aromatic nitrogens is 3. The lowest BCUT2D eigenvalue weighted by Gasteiger charge is -2.08. The lowest BCUT2D eigenvalue weighted by Crippen LogP contribution is -2.02. The van der Waals surface area contributed by atoms with Gasteiger partial charge in [-0.25, -0.2) is 14.1 Å². The molecule has 0 fully saturated rings. The highest BCUT2D eigenvalue weighted by Crippen LogP contribution is 2.35. The zero-order valence-corrected chi connectivity index (χ0v) is 12.9. The number of rotatable bonds is 2. The molecule has 0 saturated carbocycles. The first-order valence-corrected chi connectivity index (χ1v) is 7.16. The highest BCUT2D eigenvalue weighted by atomic mass is 79.9. The van der Waals surface area contributed by atoms with Crippen LogP contribution in [-0.2, 0) is 0 Å². The molecule has 2 aromatic heterocycles. The summed E-state index contributed by atoms with van der Waals surface area (Å²) in [5, 5.41) is 4.61. The zero-order chi connectivity index (χ0) is 15.0. The Morgan fingerprint density at radius 2 is 1.86 bits per heavy atom. The Hall–Kier alpha value is -1.73. The van der Waals surface area contributed by atoms with Crippen LogP contribution in [0.4, 0.5) is 8.78 Å². The van der Waals surface area contributed by atoms with E-state index in [0.717, 1.165) is 0 Å². The molecule has 0 amide bonds. The van der Waals surface area contributed by atoms with Crippen LogP contribution < -0.4 is 0 Å². The molecule has 0 bridgehead atoms. The average Bonchev–Trinajstić information content (AvgIpc) is 2.76. The highest BCUT2D eigenvalue weighted by molar-refractivity contribution is 9.10. The van der Waals surface area contributed by atoms with Crippen LogP contribution in [0.15, 0.2) is 52.1 Å². The van der Waals surface area contributed by atoms with Gasteiger partial charge in [0.1, 0.15) is 16.5 Å². The molecule has 0 unspecified atom stereocenters. The normalized spacial score (nSPS) is 10.9. The second-order valence-corrected chi connectivity index (χ2v) is 5.44. The highest BCUT2D eigenvalue weighted by Gasteiger charge is 2.19. The van der Waals surface area contributed by atoms with Gasteiger partial charge < -0.3 is 0 Å². The van der Waals surface area contributed by atoms with Gasteiger partial charge in [0.15, 0.2) is 0 Å². The monoisotopic (exact) mass is 367 g/mol. The van der Waals surface area contributed by atoms with Gasteiger partial charge in [-0.2, -0.15) is 9.49 Å². The van der Waals surface area contributed by atoms with Gasteiger partial charge in [-0.3, -0.25) is 0 Å². The molecule has 2 heterocycles. The summed E-state index contributed by atoms with van der Waals surface area (Å²) < 4.78 is 29.0. The first-order valence-electron chi connectivity index (χ1n) is 5.92. The Kier molecular flexibility index (Phi) is 3.77. The third kappa shape index (κ3) is 2.58. The van der Waals surface area contributed by atoms with E-state index in [-0.39, 0.29) is 5.69 Å². The van der Waals surface area contributed by atoms with Gasteiger partial charge in [0, 0.05) is 11.8 Å². The second-order valence-electron chi connectivity index (χ2n) is 4.22. The number of halogens is 3. The van der Waals surface area contributed by atoms with Crippen molar-refractivity contribution in [2.45, 2.75) is 5.03 Å². The van der Waals surface area contributed by atoms with Crippen molar-refractivity contribution in [3.63, 3.8) is 0 Å². The lowest BCUT2D eigenvalue weighted by atomic mass is 10.2. The number of pyridine rings is 1. The van der Waals surface area contributed by atoms with Crippen LogP contribution in [0.25, 0.3) is 16.9 Å². The summed E-state index contributed by atoms with van der Waals surface area (Å²) in [4.78, 5) is 3.62. The van der Waals surface area contributed by atoms with Crippen LogP contribution in [0.5, 0.6) is 0 Å². The fraction of sp³-hybridized carbons (Fsp3) is 0. The number of thiol groups is 1. The number of benzene rings is 1. The largest absolute Gasteiger partial charge is 0.228 e. The van der Waals surface area contributed by atoms with Crippen LogP contribution in [0.3, 0.4) is 0 Å². The standard InChI is InChI=1S/C14H8BrF2N3S/c15-12-13(8-5-6-11(17)18-7-8)20(19-14(12)21)10-4-2-1-3-9(10)16/h1-7H,(H,19,21). The summed E-state index contributed by atoms with van der Waals surface area (Å²) in [6.45, 7) is 0. The van der Waals surface area contributed by atoms with E-state index >= 15 is 0 Å². The van der Waals surface area contributed by atoms with Crippen molar-refractivity contribution >= 4 is 28.6 Å². The Balaban J connectivity index is 2.26. The van der Waals surface area contributed by atoms with Crippen LogP contribution in [-0.4, -0.2) is 14.8 Å². The second kappa shape index (κ2) is 5.57. The van der Waals surface area contributed by atoms with E-state index in [1.54, 1.807) is 24.3 Å². The molecule has 0 spiro atoms. The molecule has 3 aromatic rings. The van der Waals surface area contributed by atoms with E-state index in [0.29, 0.717) is 20.8 Å². The molecule has 7 heteroatoms. The molecule has 0 aliphatic rings. The number of hydrogen-bond donors (Lipinski definition) is 1. The topological polar surface area (TPSA) is 30.7 Å². The Morgan fingerprint density at radius 1 is 1.10 bits per heavy atom. The van der Waals surface area contributed by atoms with E-state index in [9.17, 15) is 8.78 Å². The molecule has 1 aromatic carbocycles.